The van der Waals surface area contributed by atoms with Crippen LogP contribution in [-0.2, 0) is 9.47 Å². The van der Waals surface area contributed by atoms with E-state index in [1.165, 1.54) is 24.3 Å². The first-order valence-corrected chi connectivity index (χ1v) is 11.2. The van der Waals surface area contributed by atoms with E-state index in [0.29, 0.717) is 49.4 Å². The molecule has 1 aliphatic rings. The fourth-order valence-electron chi connectivity index (χ4n) is 3.63. The lowest BCUT2D eigenvalue weighted by Crippen LogP contribution is -2.50. The first kappa shape index (κ1) is 24.7. The van der Waals surface area contributed by atoms with Gasteiger partial charge in [0.1, 0.15) is 22.9 Å². The topological polar surface area (TPSA) is 90.0 Å². The van der Waals surface area contributed by atoms with Gasteiger partial charge in [-0.25, -0.2) is 14.2 Å². The van der Waals surface area contributed by atoms with Crippen molar-refractivity contribution in [3.63, 3.8) is 0 Å². The molecule has 0 bridgehead atoms. The molecule has 2 amide bonds. The molecule has 33 heavy (non-hydrogen) atoms. The average Bonchev–Trinajstić information content (AvgIpc) is 2.75. The number of hydrogen-bond donors (Lipinski definition) is 1. The summed E-state index contributed by atoms with van der Waals surface area (Å²) in [6.07, 6.45) is 1.76. The highest BCUT2D eigenvalue weighted by Crippen LogP contribution is 2.27. The van der Waals surface area contributed by atoms with Gasteiger partial charge in [-0.05, 0) is 51.8 Å². The van der Waals surface area contributed by atoms with Gasteiger partial charge in [-0.2, -0.15) is 0 Å². The normalized spacial score (nSPS) is 16.5. The third kappa shape index (κ3) is 7.02. The standard InChI is InChI=1S/C24H32FN3O5/c1-24(2,3)33-23(30)28-10-5-7-17(15-28)26-22(29)20-14-21(32-12-6-11-31-4)18-13-16(25)8-9-19(18)27-20/h8-9,13-14,17H,5-7,10-12,15H2,1-4H3,(H,26,29)/t17-/m1/s1. The van der Waals surface area contributed by atoms with Gasteiger partial charge in [0.25, 0.3) is 5.91 Å². The molecule has 1 fully saturated rings. The molecule has 2 aromatic rings. The number of nitrogens with one attached hydrogen (secondary N) is 1. The van der Waals surface area contributed by atoms with Crippen LogP contribution in [0.2, 0.25) is 0 Å². The second-order valence-electron chi connectivity index (χ2n) is 9.10. The summed E-state index contributed by atoms with van der Waals surface area (Å²) in [5.74, 6) is -0.397. The Bertz CT molecular complexity index is 992. The molecule has 1 atom stereocenters. The Morgan fingerprint density at radius 1 is 1.24 bits per heavy atom. The summed E-state index contributed by atoms with van der Waals surface area (Å²) in [4.78, 5) is 31.4. The van der Waals surface area contributed by atoms with Crippen LogP contribution >= 0.6 is 0 Å². The van der Waals surface area contributed by atoms with Crippen molar-refractivity contribution in [3.8, 4) is 5.75 Å². The number of hydrogen-bond acceptors (Lipinski definition) is 6. The van der Waals surface area contributed by atoms with Crippen LogP contribution in [0.4, 0.5) is 9.18 Å². The third-order valence-corrected chi connectivity index (χ3v) is 5.12. The SMILES string of the molecule is COCCCOc1cc(C(=O)N[C@@H]2CCCN(C(=O)OC(C)(C)C)C2)nc2ccc(F)cc12. The van der Waals surface area contributed by atoms with E-state index < -0.39 is 11.4 Å². The first-order chi connectivity index (χ1) is 15.7. The van der Waals surface area contributed by atoms with Gasteiger partial charge in [0.2, 0.25) is 0 Å². The minimum absolute atomic E-state index is 0.172. The number of benzene rings is 1. The Labute approximate surface area is 193 Å². The maximum atomic E-state index is 13.8. The Morgan fingerprint density at radius 3 is 2.76 bits per heavy atom. The molecule has 1 aliphatic heterocycles. The quantitative estimate of drug-likeness (QED) is 0.629. The Hall–Kier alpha value is -2.94. The lowest BCUT2D eigenvalue weighted by molar-refractivity contribution is 0.0185. The molecule has 180 valence electrons. The summed E-state index contributed by atoms with van der Waals surface area (Å²) in [6.45, 7) is 7.29. The van der Waals surface area contributed by atoms with Gasteiger partial charge in [-0.1, -0.05) is 0 Å². The number of fused-ring (bicyclic) bond motifs is 1. The van der Waals surface area contributed by atoms with E-state index in [1.807, 2.05) is 20.8 Å². The zero-order valence-electron chi connectivity index (χ0n) is 19.7. The van der Waals surface area contributed by atoms with Crippen LogP contribution in [0.5, 0.6) is 5.75 Å². The molecular weight excluding hydrogens is 429 g/mol. The van der Waals surface area contributed by atoms with Gasteiger partial charge >= 0.3 is 6.09 Å². The molecular formula is C24H32FN3O5. The smallest absolute Gasteiger partial charge is 0.410 e. The fraction of sp³-hybridized carbons (Fsp3) is 0.542. The summed E-state index contributed by atoms with van der Waals surface area (Å²) >= 11 is 0. The Kier molecular flexibility index (Phi) is 8.07. The third-order valence-electron chi connectivity index (χ3n) is 5.12. The summed E-state index contributed by atoms with van der Waals surface area (Å²) in [5.41, 5.74) is 0.0524. The zero-order chi connectivity index (χ0) is 24.0. The number of nitrogens with zero attached hydrogens (tertiary/aromatic N) is 2. The number of likely N-dealkylation sites (tertiary alicyclic amines) is 1. The molecule has 8 nitrogen and oxygen atoms in total. The number of rotatable bonds is 7. The largest absolute Gasteiger partial charge is 0.493 e. The van der Waals surface area contributed by atoms with E-state index >= 15 is 0 Å². The van der Waals surface area contributed by atoms with Crippen LogP contribution in [-0.4, -0.2) is 66.9 Å². The molecule has 0 saturated carbocycles. The van der Waals surface area contributed by atoms with Crippen molar-refractivity contribution in [2.45, 2.75) is 51.7 Å². The average molecular weight is 462 g/mol. The van der Waals surface area contributed by atoms with Crippen LogP contribution in [0.25, 0.3) is 10.9 Å². The molecule has 3 rings (SSSR count). The summed E-state index contributed by atoms with van der Waals surface area (Å²) in [5, 5.41) is 3.46. The summed E-state index contributed by atoms with van der Waals surface area (Å²) in [7, 11) is 1.61. The van der Waals surface area contributed by atoms with Crippen molar-refractivity contribution in [1.29, 1.82) is 0 Å². The number of aromatic nitrogens is 1. The highest BCUT2D eigenvalue weighted by atomic mass is 19.1. The van der Waals surface area contributed by atoms with E-state index in [0.717, 1.165) is 12.8 Å². The Balaban J connectivity index is 1.73. The van der Waals surface area contributed by atoms with Crippen molar-refractivity contribution in [3.05, 3.63) is 35.8 Å². The van der Waals surface area contributed by atoms with Crippen LogP contribution in [0.15, 0.2) is 24.3 Å². The molecule has 9 heteroatoms. The zero-order valence-corrected chi connectivity index (χ0v) is 19.7. The lowest BCUT2D eigenvalue weighted by atomic mass is 10.1. The summed E-state index contributed by atoms with van der Waals surface area (Å²) < 4.78 is 30.1. The number of pyridine rings is 1. The van der Waals surface area contributed by atoms with Crippen molar-refractivity contribution >= 4 is 22.9 Å². The number of carbonyl (C=O) groups is 2. The van der Waals surface area contributed by atoms with Crippen LogP contribution in [0.3, 0.4) is 0 Å². The first-order valence-electron chi connectivity index (χ1n) is 11.2. The number of amides is 2. The van der Waals surface area contributed by atoms with Crippen molar-refractivity contribution in [1.82, 2.24) is 15.2 Å². The molecule has 1 aromatic carbocycles. The van der Waals surface area contributed by atoms with Crippen LogP contribution in [0.1, 0.15) is 50.5 Å². The number of halogens is 1. The van der Waals surface area contributed by atoms with Gasteiger partial charge in [0.15, 0.2) is 0 Å². The van der Waals surface area contributed by atoms with E-state index in [2.05, 4.69) is 10.3 Å². The van der Waals surface area contributed by atoms with E-state index in [-0.39, 0.29) is 23.7 Å². The van der Waals surface area contributed by atoms with E-state index in [9.17, 15) is 14.0 Å². The number of ether oxygens (including phenoxy) is 3. The molecule has 0 spiro atoms. The molecule has 0 radical (unpaired) electrons. The Morgan fingerprint density at radius 2 is 2.03 bits per heavy atom. The maximum Gasteiger partial charge on any atom is 0.410 e. The van der Waals surface area contributed by atoms with Crippen LogP contribution < -0.4 is 10.1 Å². The number of carbonyl (C=O) groups excluding carboxylic acids is 2. The predicted molar refractivity (Wildman–Crippen MR) is 122 cm³/mol. The van der Waals surface area contributed by atoms with E-state index in [1.54, 1.807) is 12.0 Å². The van der Waals surface area contributed by atoms with Gasteiger partial charge in [0.05, 0.1) is 12.1 Å². The minimum Gasteiger partial charge on any atom is -0.493 e. The second-order valence-corrected chi connectivity index (χ2v) is 9.10. The summed E-state index contributed by atoms with van der Waals surface area (Å²) in [6, 6.07) is 5.46. The molecule has 1 aromatic heterocycles. The molecule has 0 aliphatic carbocycles. The molecule has 1 N–H and O–H groups in total. The van der Waals surface area contributed by atoms with Gasteiger partial charge in [-0.3, -0.25) is 4.79 Å². The maximum absolute atomic E-state index is 13.8. The van der Waals surface area contributed by atoms with Crippen molar-refractivity contribution in [2.75, 3.05) is 33.4 Å². The molecule has 2 heterocycles. The predicted octanol–water partition coefficient (Wildman–Crippen LogP) is 3.92. The van der Waals surface area contributed by atoms with Crippen LogP contribution in [0, 0.1) is 5.82 Å². The number of methoxy groups -OCH3 is 1. The number of piperidine rings is 1. The molecule has 0 unspecified atom stereocenters. The van der Waals surface area contributed by atoms with Gasteiger partial charge in [-0.15, -0.1) is 0 Å². The monoisotopic (exact) mass is 461 g/mol. The van der Waals surface area contributed by atoms with E-state index in [4.69, 9.17) is 14.2 Å². The van der Waals surface area contributed by atoms with Gasteiger partial charge in [0, 0.05) is 50.7 Å². The lowest BCUT2D eigenvalue weighted by Gasteiger charge is -2.34. The van der Waals surface area contributed by atoms with Crippen molar-refractivity contribution < 1.29 is 28.2 Å². The van der Waals surface area contributed by atoms with Gasteiger partial charge < -0.3 is 24.4 Å². The minimum atomic E-state index is -0.582. The second kappa shape index (κ2) is 10.8. The van der Waals surface area contributed by atoms with Crippen molar-refractivity contribution in [2.24, 2.45) is 0 Å². The molecule has 1 saturated heterocycles. The fourth-order valence-corrected chi connectivity index (χ4v) is 3.63. The highest BCUT2D eigenvalue weighted by molar-refractivity contribution is 5.97. The highest BCUT2D eigenvalue weighted by Gasteiger charge is 2.29.